The lowest BCUT2D eigenvalue weighted by molar-refractivity contribution is -0.00000541. The van der Waals surface area contributed by atoms with Crippen molar-refractivity contribution in [3.63, 3.8) is 0 Å². The Morgan fingerprint density at radius 2 is 1.92 bits per heavy atom. The lowest BCUT2D eigenvalue weighted by Gasteiger charge is -2.31. The molecule has 3 rings (SSSR count). The summed E-state index contributed by atoms with van der Waals surface area (Å²) in [6, 6.07) is 10.8. The van der Waals surface area contributed by atoms with Gasteiger partial charge in [0, 0.05) is 7.11 Å². The average molecular weight is 351 g/mol. The lowest BCUT2D eigenvalue weighted by atomic mass is 9.90. The highest BCUT2D eigenvalue weighted by Crippen LogP contribution is 2.22. The van der Waals surface area contributed by atoms with Gasteiger partial charge >= 0.3 is 0 Å². The highest BCUT2D eigenvalue weighted by Gasteiger charge is 2.21. The van der Waals surface area contributed by atoms with E-state index in [-0.39, 0.29) is 12.4 Å². The molecule has 0 spiro atoms. The quantitative estimate of drug-likeness (QED) is 0.626. The van der Waals surface area contributed by atoms with Crippen LogP contribution in [0.25, 0.3) is 0 Å². The van der Waals surface area contributed by atoms with Crippen molar-refractivity contribution in [2.45, 2.75) is 32.4 Å². The van der Waals surface area contributed by atoms with E-state index in [1.807, 2.05) is 4.68 Å². The molecule has 0 radical (unpaired) electrons. The molecule has 1 fully saturated rings. The molecule has 1 aliphatic heterocycles. The smallest absolute Gasteiger partial charge is 0.165 e. The fourth-order valence-corrected chi connectivity index (χ4v) is 3.18. The first-order valence-corrected chi connectivity index (χ1v) is 8.35. The summed E-state index contributed by atoms with van der Waals surface area (Å²) in [6.45, 7) is 4.42. The molecule has 2 heterocycles. The van der Waals surface area contributed by atoms with Crippen LogP contribution in [0.2, 0.25) is 0 Å². The van der Waals surface area contributed by atoms with Crippen molar-refractivity contribution in [1.82, 2.24) is 25.1 Å². The van der Waals surface area contributed by atoms with Crippen LogP contribution >= 0.6 is 0 Å². The van der Waals surface area contributed by atoms with Crippen LogP contribution in [-0.4, -0.2) is 51.9 Å². The third kappa shape index (κ3) is 5.26. The van der Waals surface area contributed by atoms with Crippen LogP contribution in [0.1, 0.15) is 24.2 Å². The molecule has 0 N–H and O–H groups in total. The lowest BCUT2D eigenvalue weighted by Crippen LogP contribution is -3.00. The first kappa shape index (κ1) is 18.8. The third-order valence-electron chi connectivity index (χ3n) is 4.55. The van der Waals surface area contributed by atoms with Crippen LogP contribution in [0, 0.1) is 5.92 Å². The number of ether oxygens (including phenoxy) is 1. The van der Waals surface area contributed by atoms with Crippen LogP contribution in [0.5, 0.6) is 0 Å². The minimum atomic E-state index is 0. The first-order chi connectivity index (χ1) is 11.3. The molecule has 0 saturated carbocycles. The normalized spacial score (nSPS) is 16.0. The molecule has 1 aliphatic rings. The van der Waals surface area contributed by atoms with Gasteiger partial charge in [-0.15, -0.1) is 5.10 Å². The van der Waals surface area contributed by atoms with Crippen molar-refractivity contribution in [2.75, 3.05) is 26.8 Å². The Morgan fingerprint density at radius 1 is 1.17 bits per heavy atom. The zero-order valence-corrected chi connectivity index (χ0v) is 14.9. The minimum Gasteiger partial charge on any atom is -1.00 e. The van der Waals surface area contributed by atoms with Gasteiger partial charge in [0.05, 0.1) is 19.7 Å². The second-order valence-corrected chi connectivity index (χ2v) is 6.22. The van der Waals surface area contributed by atoms with Crippen molar-refractivity contribution in [3.05, 3.63) is 41.7 Å². The van der Waals surface area contributed by atoms with Crippen LogP contribution in [0.15, 0.2) is 30.3 Å². The molecule has 1 aromatic heterocycles. The number of aromatic nitrogens is 4. The highest BCUT2D eigenvalue weighted by atomic mass is 35.5. The Hall–Kier alpha value is -1.50. The predicted octanol–water partition coefficient (Wildman–Crippen LogP) is -1.22. The van der Waals surface area contributed by atoms with Crippen LogP contribution < -0.4 is 12.4 Å². The van der Waals surface area contributed by atoms with E-state index in [0.717, 1.165) is 31.4 Å². The van der Waals surface area contributed by atoms with Gasteiger partial charge < -0.3 is 17.1 Å². The summed E-state index contributed by atoms with van der Waals surface area (Å²) in [5.41, 5.74) is 1.45. The van der Waals surface area contributed by atoms with Gasteiger partial charge in [0.15, 0.2) is 5.82 Å². The Bertz CT molecular complexity index is 584. The molecular formula is C17H25ClN5O-. The fourth-order valence-electron chi connectivity index (χ4n) is 3.18. The number of methoxy groups -OCH3 is 1. The minimum absolute atomic E-state index is 0. The summed E-state index contributed by atoms with van der Waals surface area (Å²) in [6.07, 6.45) is 3.68. The van der Waals surface area contributed by atoms with Crippen molar-refractivity contribution in [1.29, 1.82) is 0 Å². The molecule has 2 aromatic rings. The number of benzene rings is 1. The van der Waals surface area contributed by atoms with Gasteiger partial charge in [0.1, 0.15) is 0 Å². The van der Waals surface area contributed by atoms with Crippen molar-refractivity contribution >= 4 is 0 Å². The summed E-state index contributed by atoms with van der Waals surface area (Å²) >= 11 is 0. The standard InChI is InChI=1S/C17H25N5O.ClH/c1-23-12-11-22-17(18-19-20-22)14-21-9-7-16(8-10-21)13-15-5-3-2-4-6-15;/h2-6,16H,7-14H2,1H3;1H/p-1. The molecule has 0 unspecified atom stereocenters. The van der Waals surface area contributed by atoms with Gasteiger partial charge in [0.2, 0.25) is 0 Å². The molecule has 1 aromatic carbocycles. The maximum Gasteiger partial charge on any atom is 0.165 e. The zero-order valence-electron chi connectivity index (χ0n) is 14.1. The van der Waals surface area contributed by atoms with Crippen molar-refractivity contribution in [3.8, 4) is 0 Å². The van der Waals surface area contributed by atoms with Crippen molar-refractivity contribution < 1.29 is 17.1 Å². The fraction of sp³-hybridized carbons (Fsp3) is 0.588. The Kier molecular flexibility index (Phi) is 7.62. The molecular weight excluding hydrogens is 326 g/mol. The first-order valence-electron chi connectivity index (χ1n) is 8.35. The molecule has 0 aliphatic carbocycles. The number of hydrogen-bond donors (Lipinski definition) is 0. The Labute approximate surface area is 149 Å². The second-order valence-electron chi connectivity index (χ2n) is 6.22. The molecule has 24 heavy (non-hydrogen) atoms. The van der Waals surface area contributed by atoms with E-state index < -0.39 is 0 Å². The van der Waals surface area contributed by atoms with E-state index in [1.54, 1.807) is 7.11 Å². The molecule has 0 amide bonds. The summed E-state index contributed by atoms with van der Waals surface area (Å²) in [4.78, 5) is 2.45. The monoisotopic (exact) mass is 350 g/mol. The molecule has 7 heteroatoms. The number of nitrogens with zero attached hydrogens (tertiary/aromatic N) is 5. The maximum atomic E-state index is 5.10. The average Bonchev–Trinajstić information content (AvgIpc) is 3.03. The van der Waals surface area contributed by atoms with E-state index in [2.05, 4.69) is 50.8 Å². The van der Waals surface area contributed by atoms with Crippen molar-refractivity contribution in [2.24, 2.45) is 5.92 Å². The van der Waals surface area contributed by atoms with E-state index in [0.29, 0.717) is 13.2 Å². The SMILES string of the molecule is COCCn1nnnc1CN1CCC(Cc2ccccc2)CC1.[Cl-]. The molecule has 132 valence electrons. The van der Waals surface area contributed by atoms with Crippen LogP contribution in [0.4, 0.5) is 0 Å². The summed E-state index contributed by atoms with van der Waals surface area (Å²) in [5, 5.41) is 12.0. The topological polar surface area (TPSA) is 56.1 Å². The number of rotatable bonds is 7. The number of piperidine rings is 1. The molecule has 1 saturated heterocycles. The van der Waals surface area contributed by atoms with Crippen LogP contribution in [-0.2, 0) is 24.2 Å². The molecule has 6 nitrogen and oxygen atoms in total. The largest absolute Gasteiger partial charge is 1.00 e. The third-order valence-corrected chi connectivity index (χ3v) is 4.55. The van der Waals surface area contributed by atoms with Crippen LogP contribution in [0.3, 0.4) is 0 Å². The van der Waals surface area contributed by atoms with Gasteiger partial charge in [-0.25, -0.2) is 4.68 Å². The van der Waals surface area contributed by atoms with Gasteiger partial charge in [-0.3, -0.25) is 4.90 Å². The van der Waals surface area contributed by atoms with Gasteiger partial charge in [-0.2, -0.15) is 0 Å². The van der Waals surface area contributed by atoms with E-state index in [9.17, 15) is 0 Å². The number of halogens is 1. The number of tetrazole rings is 1. The Morgan fingerprint density at radius 3 is 2.62 bits per heavy atom. The summed E-state index contributed by atoms with van der Waals surface area (Å²) in [5.74, 6) is 1.72. The second kappa shape index (κ2) is 9.71. The van der Waals surface area contributed by atoms with E-state index in [4.69, 9.17) is 4.74 Å². The van der Waals surface area contributed by atoms with E-state index in [1.165, 1.54) is 24.8 Å². The molecule has 0 atom stereocenters. The maximum absolute atomic E-state index is 5.10. The van der Waals surface area contributed by atoms with Gasteiger partial charge in [-0.1, -0.05) is 30.3 Å². The summed E-state index contributed by atoms with van der Waals surface area (Å²) < 4.78 is 6.95. The number of hydrogen-bond acceptors (Lipinski definition) is 5. The van der Waals surface area contributed by atoms with E-state index >= 15 is 0 Å². The summed E-state index contributed by atoms with van der Waals surface area (Å²) in [7, 11) is 1.70. The molecule has 0 bridgehead atoms. The zero-order chi connectivity index (χ0) is 15.9. The highest BCUT2D eigenvalue weighted by molar-refractivity contribution is 5.15. The Balaban J connectivity index is 0.00000208. The van der Waals surface area contributed by atoms with Gasteiger partial charge in [-0.05, 0) is 54.3 Å². The predicted molar refractivity (Wildman–Crippen MR) is 87.8 cm³/mol. The number of likely N-dealkylation sites (tertiary alicyclic amines) is 1. The van der Waals surface area contributed by atoms with Gasteiger partial charge in [0.25, 0.3) is 0 Å².